The molecule has 0 spiro atoms. The number of hydrogen-bond donors (Lipinski definition) is 2. The van der Waals surface area contributed by atoms with Gasteiger partial charge >= 0.3 is 5.97 Å². The Bertz CT molecular complexity index is 761. The van der Waals surface area contributed by atoms with Crippen LogP contribution < -0.4 is 5.32 Å². The Hall–Kier alpha value is -2.04. The molecule has 2 N–H and O–H groups in total. The van der Waals surface area contributed by atoms with Gasteiger partial charge in [-0.05, 0) is 12.8 Å². The predicted molar refractivity (Wildman–Crippen MR) is 123 cm³/mol. The van der Waals surface area contributed by atoms with Crippen LogP contribution in [0.2, 0.25) is 0 Å². The van der Waals surface area contributed by atoms with E-state index in [9.17, 15) is 14.7 Å². The Morgan fingerprint density at radius 2 is 1.76 bits per heavy atom. The van der Waals surface area contributed by atoms with Crippen molar-refractivity contribution in [2.24, 2.45) is 0 Å². The second-order valence-electron chi connectivity index (χ2n) is 8.75. The molecule has 0 radical (unpaired) electrons. The molecule has 6 atom stereocenters. The highest BCUT2D eigenvalue weighted by atomic mass is 16.7. The highest BCUT2D eigenvalue weighted by Crippen LogP contribution is 2.34. The average Bonchev–Trinajstić information content (AvgIpc) is 2.85. The molecule has 0 aliphatic carbocycles. The van der Waals surface area contributed by atoms with Crippen molar-refractivity contribution < 1.29 is 38.4 Å². The van der Waals surface area contributed by atoms with Crippen LogP contribution in [0.4, 0.5) is 0 Å². The summed E-state index contributed by atoms with van der Waals surface area (Å²) in [5.41, 5.74) is 0.855. The minimum absolute atomic E-state index is 0.164. The van der Waals surface area contributed by atoms with Crippen LogP contribution in [0.1, 0.15) is 63.7 Å². The Morgan fingerprint density at radius 1 is 1.06 bits per heavy atom. The zero-order chi connectivity index (χ0) is 24.3. The van der Waals surface area contributed by atoms with Gasteiger partial charge in [0.05, 0.1) is 13.7 Å². The number of carbonyl (C=O) groups is 2. The van der Waals surface area contributed by atoms with E-state index in [1.165, 1.54) is 14.0 Å². The lowest BCUT2D eigenvalue weighted by Crippen LogP contribution is -2.66. The number of nitrogens with one attached hydrogen (secondary N) is 1. The van der Waals surface area contributed by atoms with Gasteiger partial charge in [-0.25, -0.2) is 0 Å². The minimum atomic E-state index is -1.00. The van der Waals surface area contributed by atoms with Gasteiger partial charge in [0.2, 0.25) is 5.91 Å². The summed E-state index contributed by atoms with van der Waals surface area (Å²) in [5.74, 6) is -0.443. The first-order valence-corrected chi connectivity index (χ1v) is 12.1. The van der Waals surface area contributed by atoms with Gasteiger partial charge < -0.3 is 34.1 Å². The SMILES string of the molecule is COC(=O)CCCCCCCCO[C@H]1O[C@@H]2COC(c3ccccc3)O[C@H]2[C@H](O)[C@H]1NC(C)=O. The molecule has 3 rings (SSSR count). The van der Waals surface area contributed by atoms with Gasteiger partial charge in [-0.3, -0.25) is 9.59 Å². The summed E-state index contributed by atoms with van der Waals surface area (Å²) in [4.78, 5) is 22.9. The topological polar surface area (TPSA) is 113 Å². The van der Waals surface area contributed by atoms with Crippen molar-refractivity contribution in [1.82, 2.24) is 5.32 Å². The van der Waals surface area contributed by atoms with Crippen molar-refractivity contribution in [3.8, 4) is 0 Å². The zero-order valence-electron chi connectivity index (χ0n) is 20.0. The third-order valence-corrected chi connectivity index (χ3v) is 6.09. The molecule has 0 saturated carbocycles. The number of fused-ring (bicyclic) bond motifs is 1. The maximum absolute atomic E-state index is 11.8. The number of aliphatic hydroxyl groups excluding tert-OH is 1. The van der Waals surface area contributed by atoms with Gasteiger partial charge in [0.1, 0.15) is 24.4 Å². The van der Waals surface area contributed by atoms with Crippen LogP contribution >= 0.6 is 0 Å². The normalized spacial score (nSPS) is 28.7. The van der Waals surface area contributed by atoms with E-state index in [-0.39, 0.29) is 18.5 Å². The first-order valence-electron chi connectivity index (χ1n) is 12.1. The second-order valence-corrected chi connectivity index (χ2v) is 8.75. The molecule has 9 heteroatoms. The third kappa shape index (κ3) is 7.74. The quantitative estimate of drug-likeness (QED) is 0.348. The Labute approximate surface area is 201 Å². The van der Waals surface area contributed by atoms with Crippen molar-refractivity contribution in [1.29, 1.82) is 0 Å². The molecule has 1 amide bonds. The molecule has 2 saturated heterocycles. The predicted octanol–water partition coefficient (Wildman–Crippen LogP) is 2.61. The fraction of sp³-hybridized carbons (Fsp3) is 0.680. The molecular weight excluding hydrogens is 442 g/mol. The van der Waals surface area contributed by atoms with Crippen LogP contribution in [0.25, 0.3) is 0 Å². The average molecular weight is 480 g/mol. The van der Waals surface area contributed by atoms with Gasteiger partial charge in [-0.1, -0.05) is 56.0 Å². The summed E-state index contributed by atoms with van der Waals surface area (Å²) >= 11 is 0. The largest absolute Gasteiger partial charge is 0.469 e. The number of rotatable bonds is 12. The standard InChI is InChI=1S/C25H37NO8/c1-17(27)26-21-22(29)23-19(16-32-24(34-23)18-12-8-7-9-13-18)33-25(21)31-15-11-6-4-3-5-10-14-20(28)30-2/h7-9,12-13,19,21-25,29H,3-6,10-11,14-16H2,1-2H3,(H,26,27)/t19-,21-,22-,23-,24?,25+/m1/s1. The van der Waals surface area contributed by atoms with Crippen LogP contribution in [0.3, 0.4) is 0 Å². The molecule has 1 aromatic rings. The lowest BCUT2D eigenvalue weighted by Gasteiger charge is -2.47. The van der Waals surface area contributed by atoms with E-state index in [4.69, 9.17) is 18.9 Å². The number of ether oxygens (including phenoxy) is 5. The summed E-state index contributed by atoms with van der Waals surface area (Å²) < 4.78 is 28.5. The highest BCUT2D eigenvalue weighted by molar-refractivity contribution is 5.73. The molecule has 0 bridgehead atoms. The van der Waals surface area contributed by atoms with Crippen molar-refractivity contribution in [3.05, 3.63) is 35.9 Å². The van der Waals surface area contributed by atoms with Gasteiger partial charge in [0, 0.05) is 25.5 Å². The highest BCUT2D eigenvalue weighted by Gasteiger charge is 2.50. The Morgan fingerprint density at radius 3 is 2.47 bits per heavy atom. The monoisotopic (exact) mass is 479 g/mol. The summed E-state index contributed by atoms with van der Waals surface area (Å²) in [6.45, 7) is 2.09. The maximum atomic E-state index is 11.8. The zero-order valence-corrected chi connectivity index (χ0v) is 20.0. The number of aliphatic hydroxyl groups is 1. The number of hydrogen-bond acceptors (Lipinski definition) is 8. The minimum Gasteiger partial charge on any atom is -0.469 e. The van der Waals surface area contributed by atoms with Crippen molar-refractivity contribution in [2.45, 2.75) is 88.8 Å². The third-order valence-electron chi connectivity index (χ3n) is 6.09. The van der Waals surface area contributed by atoms with Crippen LogP contribution in [0.5, 0.6) is 0 Å². The molecule has 2 aliphatic heterocycles. The second kappa shape index (κ2) is 13.7. The molecular formula is C25H37NO8. The summed E-state index contributed by atoms with van der Waals surface area (Å²) in [6, 6.07) is 8.76. The van der Waals surface area contributed by atoms with E-state index in [1.54, 1.807) is 0 Å². The molecule has 190 valence electrons. The van der Waals surface area contributed by atoms with Crippen LogP contribution in [0, 0.1) is 0 Å². The molecule has 0 aromatic heterocycles. The van der Waals surface area contributed by atoms with E-state index < -0.39 is 36.9 Å². The number of esters is 1. The van der Waals surface area contributed by atoms with Gasteiger partial charge in [-0.15, -0.1) is 0 Å². The smallest absolute Gasteiger partial charge is 0.305 e. The van der Waals surface area contributed by atoms with Gasteiger partial charge in [0.25, 0.3) is 0 Å². The van der Waals surface area contributed by atoms with E-state index in [2.05, 4.69) is 10.1 Å². The van der Waals surface area contributed by atoms with Crippen LogP contribution in [-0.4, -0.2) is 68.0 Å². The number of carbonyl (C=O) groups excluding carboxylic acids is 2. The summed E-state index contributed by atoms with van der Waals surface area (Å²) in [5, 5.41) is 13.8. The van der Waals surface area contributed by atoms with Crippen LogP contribution in [-0.2, 0) is 33.3 Å². The van der Waals surface area contributed by atoms with Crippen LogP contribution in [0.15, 0.2) is 30.3 Å². The molecule has 2 fully saturated rings. The molecule has 2 aliphatic rings. The lowest BCUT2D eigenvalue weighted by atomic mass is 9.95. The fourth-order valence-corrected chi connectivity index (χ4v) is 4.28. The number of amides is 1. The number of benzene rings is 1. The lowest BCUT2D eigenvalue weighted by molar-refractivity contribution is -0.344. The van der Waals surface area contributed by atoms with Crippen molar-refractivity contribution in [3.63, 3.8) is 0 Å². The molecule has 1 unspecified atom stereocenters. The molecule has 34 heavy (non-hydrogen) atoms. The van der Waals surface area contributed by atoms with Crippen molar-refractivity contribution >= 4 is 11.9 Å². The van der Waals surface area contributed by atoms with E-state index in [1.807, 2.05) is 30.3 Å². The van der Waals surface area contributed by atoms with Gasteiger partial charge in [0.15, 0.2) is 12.6 Å². The number of unbranched alkanes of at least 4 members (excludes halogenated alkanes) is 5. The maximum Gasteiger partial charge on any atom is 0.305 e. The molecule has 2 heterocycles. The van der Waals surface area contributed by atoms with E-state index >= 15 is 0 Å². The fourth-order valence-electron chi connectivity index (χ4n) is 4.28. The number of methoxy groups -OCH3 is 1. The summed E-state index contributed by atoms with van der Waals surface area (Å²) in [7, 11) is 1.41. The van der Waals surface area contributed by atoms with E-state index in [0.29, 0.717) is 13.0 Å². The first-order chi connectivity index (χ1) is 16.5. The summed E-state index contributed by atoms with van der Waals surface area (Å²) in [6.07, 6.45) is 2.65. The molecule has 9 nitrogen and oxygen atoms in total. The molecule has 1 aromatic carbocycles. The van der Waals surface area contributed by atoms with Gasteiger partial charge in [-0.2, -0.15) is 0 Å². The van der Waals surface area contributed by atoms with Crippen molar-refractivity contribution in [2.75, 3.05) is 20.3 Å². The Kier molecular flexibility index (Phi) is 10.7. The first kappa shape index (κ1) is 26.6. The van der Waals surface area contributed by atoms with E-state index in [0.717, 1.165) is 44.1 Å². The Balaban J connectivity index is 1.44.